The van der Waals surface area contributed by atoms with Crippen LogP contribution >= 0.6 is 11.6 Å². The molecule has 1 fully saturated rings. The zero-order chi connectivity index (χ0) is 16.4. The van der Waals surface area contributed by atoms with Crippen LogP contribution in [0.4, 0.5) is 23.0 Å². The molecule has 0 radical (unpaired) electrons. The Bertz CT molecular complexity index is 703. The number of halogens is 1. The van der Waals surface area contributed by atoms with Crippen molar-refractivity contribution in [2.45, 2.75) is 26.7 Å². The minimum Gasteiger partial charge on any atom is -0.393 e. The van der Waals surface area contributed by atoms with E-state index < -0.39 is 0 Å². The van der Waals surface area contributed by atoms with Gasteiger partial charge in [-0.25, -0.2) is 9.97 Å². The molecule has 6 heteroatoms. The second kappa shape index (κ2) is 6.62. The molecule has 1 saturated heterocycles. The molecule has 1 aromatic carbocycles. The van der Waals surface area contributed by atoms with E-state index in [0.29, 0.717) is 22.4 Å². The normalized spacial score (nSPS) is 18.0. The van der Waals surface area contributed by atoms with Gasteiger partial charge in [-0.15, -0.1) is 0 Å². The smallest absolute Gasteiger partial charge is 0.159 e. The highest BCUT2D eigenvalue weighted by atomic mass is 35.5. The summed E-state index contributed by atoms with van der Waals surface area (Å²) in [5.74, 6) is 2.09. The SMILES string of the molecule is Cc1ccc(Nc2ncnc(N3CCCC(C)C3)c2N)cc1Cl. The van der Waals surface area contributed by atoms with Gasteiger partial charge in [-0.1, -0.05) is 24.6 Å². The van der Waals surface area contributed by atoms with Crippen LogP contribution in [0.2, 0.25) is 5.02 Å². The maximum atomic E-state index is 6.31. The minimum absolute atomic E-state index is 0.582. The molecule has 0 spiro atoms. The zero-order valence-electron chi connectivity index (χ0n) is 13.5. The molecule has 0 saturated carbocycles. The molecule has 3 rings (SSSR count). The standard InChI is InChI=1S/C17H22ClN5/c1-11-4-3-7-23(9-11)17-15(19)16(20-10-21-17)22-13-6-5-12(2)14(18)8-13/h5-6,8,10-11H,3-4,7,9,19H2,1-2H3,(H,20,21,22). The van der Waals surface area contributed by atoms with Gasteiger partial charge in [-0.2, -0.15) is 0 Å². The van der Waals surface area contributed by atoms with Crippen LogP contribution in [0.3, 0.4) is 0 Å². The predicted molar refractivity (Wildman–Crippen MR) is 96.5 cm³/mol. The summed E-state index contributed by atoms with van der Waals surface area (Å²) in [6.07, 6.45) is 3.98. The van der Waals surface area contributed by atoms with Gasteiger partial charge in [0.1, 0.15) is 12.0 Å². The third-order valence-corrected chi connectivity index (χ3v) is 4.66. The Morgan fingerprint density at radius 3 is 2.91 bits per heavy atom. The molecule has 1 atom stereocenters. The average Bonchev–Trinajstić information content (AvgIpc) is 2.53. The molecule has 3 N–H and O–H groups in total. The predicted octanol–water partition coefficient (Wildman–Crippen LogP) is 4.00. The van der Waals surface area contributed by atoms with Crippen molar-refractivity contribution in [1.82, 2.24) is 9.97 Å². The molecule has 0 aliphatic carbocycles. The second-order valence-electron chi connectivity index (χ2n) is 6.24. The Kier molecular flexibility index (Phi) is 4.57. The maximum Gasteiger partial charge on any atom is 0.159 e. The molecule has 2 heterocycles. The Morgan fingerprint density at radius 2 is 2.17 bits per heavy atom. The van der Waals surface area contributed by atoms with Crippen LogP contribution in [-0.4, -0.2) is 23.1 Å². The molecule has 122 valence electrons. The lowest BCUT2D eigenvalue weighted by atomic mass is 10.0. The largest absolute Gasteiger partial charge is 0.393 e. The third-order valence-electron chi connectivity index (χ3n) is 4.25. The van der Waals surface area contributed by atoms with Gasteiger partial charge in [0.25, 0.3) is 0 Å². The minimum atomic E-state index is 0.582. The number of nitrogens with one attached hydrogen (secondary N) is 1. The number of benzene rings is 1. The van der Waals surface area contributed by atoms with Crippen molar-refractivity contribution in [2.24, 2.45) is 5.92 Å². The summed E-state index contributed by atoms with van der Waals surface area (Å²) in [4.78, 5) is 10.9. The number of hydrogen-bond acceptors (Lipinski definition) is 5. The van der Waals surface area contributed by atoms with Crippen LogP contribution in [-0.2, 0) is 0 Å². The monoisotopic (exact) mass is 331 g/mol. The topological polar surface area (TPSA) is 67.1 Å². The number of aryl methyl sites for hydroxylation is 1. The van der Waals surface area contributed by atoms with E-state index in [2.05, 4.69) is 27.1 Å². The Hall–Kier alpha value is -2.01. The first-order valence-electron chi connectivity index (χ1n) is 7.93. The lowest BCUT2D eigenvalue weighted by Crippen LogP contribution is -2.35. The van der Waals surface area contributed by atoms with Crippen LogP contribution in [0, 0.1) is 12.8 Å². The van der Waals surface area contributed by atoms with Crippen LogP contribution in [0.1, 0.15) is 25.3 Å². The number of aromatic nitrogens is 2. The first kappa shape index (κ1) is 15.9. The highest BCUT2D eigenvalue weighted by Crippen LogP contribution is 2.32. The molecule has 0 amide bonds. The van der Waals surface area contributed by atoms with Gasteiger partial charge in [0.05, 0.1) is 0 Å². The van der Waals surface area contributed by atoms with Gasteiger partial charge in [0.15, 0.2) is 11.6 Å². The van der Waals surface area contributed by atoms with Crippen molar-refractivity contribution >= 4 is 34.6 Å². The summed E-state index contributed by atoms with van der Waals surface area (Å²) >= 11 is 6.18. The van der Waals surface area contributed by atoms with Crippen molar-refractivity contribution in [3.8, 4) is 0 Å². The van der Waals surface area contributed by atoms with E-state index in [9.17, 15) is 0 Å². The van der Waals surface area contributed by atoms with Gasteiger partial charge in [0, 0.05) is 23.8 Å². The first-order chi connectivity index (χ1) is 11.0. The van der Waals surface area contributed by atoms with E-state index in [1.165, 1.54) is 12.8 Å². The molecular weight excluding hydrogens is 310 g/mol. The van der Waals surface area contributed by atoms with Crippen LogP contribution < -0.4 is 16.0 Å². The van der Waals surface area contributed by atoms with Crippen molar-refractivity contribution in [3.63, 3.8) is 0 Å². The summed E-state index contributed by atoms with van der Waals surface area (Å²) in [6.45, 7) is 6.20. The van der Waals surface area contributed by atoms with E-state index >= 15 is 0 Å². The van der Waals surface area contributed by atoms with Crippen molar-refractivity contribution in [2.75, 3.05) is 29.0 Å². The molecule has 0 bridgehead atoms. The summed E-state index contributed by atoms with van der Waals surface area (Å²) in [6, 6.07) is 5.81. The Labute approximate surface area is 141 Å². The van der Waals surface area contributed by atoms with E-state index in [4.69, 9.17) is 17.3 Å². The van der Waals surface area contributed by atoms with Gasteiger partial charge in [0.2, 0.25) is 0 Å². The summed E-state index contributed by atoms with van der Waals surface area (Å²) < 4.78 is 0. The summed E-state index contributed by atoms with van der Waals surface area (Å²) in [7, 11) is 0. The van der Waals surface area contributed by atoms with E-state index in [-0.39, 0.29) is 0 Å². The fraction of sp³-hybridized carbons (Fsp3) is 0.412. The number of nitrogens with zero attached hydrogens (tertiary/aromatic N) is 3. The Balaban J connectivity index is 1.85. The lowest BCUT2D eigenvalue weighted by molar-refractivity contribution is 0.445. The van der Waals surface area contributed by atoms with E-state index in [1.54, 1.807) is 6.33 Å². The average molecular weight is 332 g/mol. The van der Waals surface area contributed by atoms with Crippen molar-refractivity contribution in [3.05, 3.63) is 35.1 Å². The fourth-order valence-corrected chi connectivity index (χ4v) is 3.11. The number of nitrogen functional groups attached to an aromatic ring is 1. The van der Waals surface area contributed by atoms with Crippen LogP contribution in [0.15, 0.2) is 24.5 Å². The molecule has 1 aliphatic rings. The lowest BCUT2D eigenvalue weighted by Gasteiger charge is -2.32. The van der Waals surface area contributed by atoms with Crippen molar-refractivity contribution in [1.29, 1.82) is 0 Å². The zero-order valence-corrected chi connectivity index (χ0v) is 14.3. The highest BCUT2D eigenvalue weighted by molar-refractivity contribution is 6.31. The molecule has 5 nitrogen and oxygen atoms in total. The highest BCUT2D eigenvalue weighted by Gasteiger charge is 2.21. The van der Waals surface area contributed by atoms with Gasteiger partial charge >= 0.3 is 0 Å². The molecule has 2 aromatic rings. The number of hydrogen-bond donors (Lipinski definition) is 2. The number of piperidine rings is 1. The quantitative estimate of drug-likeness (QED) is 0.889. The summed E-state index contributed by atoms with van der Waals surface area (Å²) in [5, 5.41) is 3.96. The third kappa shape index (κ3) is 3.50. The number of anilines is 4. The van der Waals surface area contributed by atoms with Gasteiger partial charge in [-0.05, 0) is 43.4 Å². The fourth-order valence-electron chi connectivity index (χ4n) is 2.93. The number of rotatable bonds is 3. The van der Waals surface area contributed by atoms with Crippen LogP contribution in [0.25, 0.3) is 0 Å². The molecule has 1 unspecified atom stereocenters. The summed E-state index contributed by atoms with van der Waals surface area (Å²) in [5.41, 5.74) is 8.80. The molecule has 23 heavy (non-hydrogen) atoms. The Morgan fingerprint density at radius 1 is 1.35 bits per heavy atom. The molecular formula is C17H22ClN5. The number of nitrogens with two attached hydrogens (primary N) is 1. The van der Waals surface area contributed by atoms with Crippen molar-refractivity contribution < 1.29 is 0 Å². The van der Waals surface area contributed by atoms with E-state index in [0.717, 1.165) is 30.2 Å². The van der Waals surface area contributed by atoms with Gasteiger partial charge < -0.3 is 16.0 Å². The van der Waals surface area contributed by atoms with Crippen LogP contribution in [0.5, 0.6) is 0 Å². The van der Waals surface area contributed by atoms with Gasteiger partial charge in [-0.3, -0.25) is 0 Å². The molecule has 1 aromatic heterocycles. The second-order valence-corrected chi connectivity index (χ2v) is 6.65. The maximum absolute atomic E-state index is 6.31. The molecule has 1 aliphatic heterocycles. The first-order valence-corrected chi connectivity index (χ1v) is 8.31. The van der Waals surface area contributed by atoms with E-state index in [1.807, 2.05) is 25.1 Å².